The minimum Gasteiger partial charge on any atom is -0.493 e. The molecule has 2 aromatic carbocycles. The average molecular weight is 354 g/mol. The van der Waals surface area contributed by atoms with Crippen molar-refractivity contribution in [3.05, 3.63) is 54.1 Å². The smallest absolute Gasteiger partial charge is 0.229 e. The fourth-order valence-electron chi connectivity index (χ4n) is 3.11. The number of anilines is 1. The highest BCUT2D eigenvalue weighted by Gasteiger charge is 2.32. The van der Waals surface area contributed by atoms with Gasteiger partial charge in [0.05, 0.1) is 26.7 Å². The van der Waals surface area contributed by atoms with E-state index in [4.69, 9.17) is 9.47 Å². The van der Waals surface area contributed by atoms with Gasteiger partial charge in [-0.2, -0.15) is 0 Å². The van der Waals surface area contributed by atoms with Crippen LogP contribution < -0.4 is 19.7 Å². The summed E-state index contributed by atoms with van der Waals surface area (Å²) in [4.78, 5) is 26.3. The van der Waals surface area contributed by atoms with Crippen molar-refractivity contribution in [2.45, 2.75) is 18.9 Å². The molecule has 0 unspecified atom stereocenters. The molecule has 6 heteroatoms. The molecule has 0 aliphatic carbocycles. The lowest BCUT2D eigenvalue weighted by Gasteiger charge is -2.19. The van der Waals surface area contributed by atoms with Gasteiger partial charge in [0.1, 0.15) is 0 Å². The number of methoxy groups -OCH3 is 2. The zero-order valence-corrected chi connectivity index (χ0v) is 14.9. The van der Waals surface area contributed by atoms with Crippen molar-refractivity contribution < 1.29 is 19.1 Å². The number of rotatable bonds is 6. The predicted molar refractivity (Wildman–Crippen MR) is 98.6 cm³/mol. The monoisotopic (exact) mass is 354 g/mol. The summed E-state index contributed by atoms with van der Waals surface area (Å²) in [6.45, 7) is 0.439. The number of carbonyl (C=O) groups is 2. The van der Waals surface area contributed by atoms with Crippen LogP contribution in [0.4, 0.5) is 5.69 Å². The fraction of sp³-hybridized carbons (Fsp3) is 0.300. The highest BCUT2D eigenvalue weighted by Crippen LogP contribution is 2.33. The van der Waals surface area contributed by atoms with E-state index < -0.39 is 0 Å². The molecule has 6 nitrogen and oxygen atoms in total. The quantitative estimate of drug-likeness (QED) is 0.863. The lowest BCUT2D eigenvalue weighted by Crippen LogP contribution is -2.38. The number of hydrogen-bond donors (Lipinski definition) is 1. The Morgan fingerprint density at radius 2 is 1.85 bits per heavy atom. The molecule has 1 heterocycles. The molecule has 0 spiro atoms. The fourth-order valence-corrected chi connectivity index (χ4v) is 3.11. The molecule has 0 bridgehead atoms. The molecule has 1 aliphatic heterocycles. The van der Waals surface area contributed by atoms with Crippen molar-refractivity contribution in [2.75, 3.05) is 25.7 Å². The second-order valence-electron chi connectivity index (χ2n) is 6.17. The maximum atomic E-state index is 12.4. The third-order valence-electron chi connectivity index (χ3n) is 4.38. The zero-order valence-electron chi connectivity index (χ0n) is 14.9. The van der Waals surface area contributed by atoms with E-state index in [1.807, 2.05) is 36.4 Å². The Balaban J connectivity index is 1.64. The summed E-state index contributed by atoms with van der Waals surface area (Å²) < 4.78 is 10.5. The number of benzene rings is 2. The first-order valence-corrected chi connectivity index (χ1v) is 8.46. The summed E-state index contributed by atoms with van der Waals surface area (Å²) in [5, 5.41) is 2.95. The molecule has 1 saturated heterocycles. The second-order valence-corrected chi connectivity index (χ2v) is 6.17. The van der Waals surface area contributed by atoms with E-state index in [9.17, 15) is 9.59 Å². The molecule has 0 radical (unpaired) electrons. The van der Waals surface area contributed by atoms with Crippen LogP contribution >= 0.6 is 0 Å². The summed E-state index contributed by atoms with van der Waals surface area (Å²) in [6, 6.07) is 14.7. The number of ether oxygens (including phenoxy) is 2. The number of nitrogens with zero attached hydrogens (tertiary/aromatic N) is 1. The molecule has 0 aromatic heterocycles. The SMILES string of the molecule is COc1ccc(N2C[C@H](NC(=O)Cc3ccccc3)CC2=O)cc1OC. The predicted octanol–water partition coefficient (Wildman–Crippen LogP) is 2.17. The van der Waals surface area contributed by atoms with Crippen LogP contribution in [0, 0.1) is 0 Å². The largest absolute Gasteiger partial charge is 0.493 e. The average Bonchev–Trinajstić information content (AvgIpc) is 3.01. The minimum absolute atomic E-state index is 0.0257. The van der Waals surface area contributed by atoms with Crippen LogP contribution in [0.1, 0.15) is 12.0 Å². The number of amides is 2. The summed E-state index contributed by atoms with van der Waals surface area (Å²) in [7, 11) is 3.12. The maximum Gasteiger partial charge on any atom is 0.229 e. The van der Waals surface area contributed by atoms with Crippen molar-refractivity contribution in [3.63, 3.8) is 0 Å². The highest BCUT2D eigenvalue weighted by atomic mass is 16.5. The van der Waals surface area contributed by atoms with Crippen molar-refractivity contribution in [1.29, 1.82) is 0 Å². The Morgan fingerprint density at radius 3 is 2.54 bits per heavy atom. The lowest BCUT2D eigenvalue weighted by molar-refractivity contribution is -0.121. The number of nitrogens with one attached hydrogen (secondary N) is 1. The van der Waals surface area contributed by atoms with Gasteiger partial charge in [-0.3, -0.25) is 9.59 Å². The number of hydrogen-bond acceptors (Lipinski definition) is 4. The van der Waals surface area contributed by atoms with Gasteiger partial charge in [0.25, 0.3) is 0 Å². The topological polar surface area (TPSA) is 67.9 Å². The van der Waals surface area contributed by atoms with E-state index in [-0.39, 0.29) is 24.3 Å². The molecule has 2 amide bonds. The molecule has 1 fully saturated rings. The van der Waals surface area contributed by atoms with Gasteiger partial charge in [0, 0.05) is 24.7 Å². The van der Waals surface area contributed by atoms with Gasteiger partial charge in [-0.05, 0) is 17.7 Å². The molecular formula is C20H22N2O4. The van der Waals surface area contributed by atoms with E-state index in [0.29, 0.717) is 24.5 Å². The normalized spacial score (nSPS) is 16.5. The standard InChI is InChI=1S/C20H22N2O4/c1-25-17-9-8-16(12-18(17)26-2)22-13-15(11-20(22)24)21-19(23)10-14-6-4-3-5-7-14/h3-9,12,15H,10-11,13H2,1-2H3,(H,21,23)/t15-/m1/s1. The van der Waals surface area contributed by atoms with Crippen LogP contribution in [0.2, 0.25) is 0 Å². The maximum absolute atomic E-state index is 12.4. The zero-order chi connectivity index (χ0) is 18.5. The Bertz CT molecular complexity index is 792. The second kappa shape index (κ2) is 7.91. The van der Waals surface area contributed by atoms with Crippen molar-refractivity contribution >= 4 is 17.5 Å². The number of carbonyl (C=O) groups excluding carboxylic acids is 2. The lowest BCUT2D eigenvalue weighted by atomic mass is 10.1. The molecule has 1 aliphatic rings. The van der Waals surface area contributed by atoms with E-state index in [1.54, 1.807) is 31.3 Å². The summed E-state index contributed by atoms with van der Waals surface area (Å²) >= 11 is 0. The Hall–Kier alpha value is -3.02. The van der Waals surface area contributed by atoms with Gasteiger partial charge in [0.2, 0.25) is 11.8 Å². The molecular weight excluding hydrogens is 332 g/mol. The molecule has 1 atom stereocenters. The van der Waals surface area contributed by atoms with Gasteiger partial charge >= 0.3 is 0 Å². The van der Waals surface area contributed by atoms with Crippen LogP contribution in [-0.4, -0.2) is 38.6 Å². The molecule has 136 valence electrons. The van der Waals surface area contributed by atoms with Crippen LogP contribution in [0.3, 0.4) is 0 Å². The van der Waals surface area contributed by atoms with E-state index >= 15 is 0 Å². The summed E-state index contributed by atoms with van der Waals surface area (Å²) in [5.41, 5.74) is 1.68. The van der Waals surface area contributed by atoms with Gasteiger partial charge in [-0.25, -0.2) is 0 Å². The van der Waals surface area contributed by atoms with Crippen molar-refractivity contribution in [2.24, 2.45) is 0 Å². The van der Waals surface area contributed by atoms with Crippen LogP contribution in [0.15, 0.2) is 48.5 Å². The van der Waals surface area contributed by atoms with E-state index in [2.05, 4.69) is 5.32 Å². The minimum atomic E-state index is -0.202. The highest BCUT2D eigenvalue weighted by molar-refractivity contribution is 5.97. The molecule has 0 saturated carbocycles. The van der Waals surface area contributed by atoms with Gasteiger partial charge in [-0.15, -0.1) is 0 Å². The molecule has 2 aromatic rings. The third kappa shape index (κ3) is 3.96. The Morgan fingerprint density at radius 1 is 1.12 bits per heavy atom. The van der Waals surface area contributed by atoms with E-state index in [0.717, 1.165) is 11.3 Å². The first-order valence-electron chi connectivity index (χ1n) is 8.46. The first-order chi connectivity index (χ1) is 12.6. The first kappa shape index (κ1) is 17.8. The molecule has 3 rings (SSSR count). The van der Waals surface area contributed by atoms with Crippen LogP contribution in [0.25, 0.3) is 0 Å². The third-order valence-corrected chi connectivity index (χ3v) is 4.38. The van der Waals surface area contributed by atoms with Crippen LogP contribution in [0.5, 0.6) is 11.5 Å². The Labute approximate surface area is 152 Å². The van der Waals surface area contributed by atoms with Gasteiger partial charge in [0.15, 0.2) is 11.5 Å². The Kier molecular flexibility index (Phi) is 5.41. The van der Waals surface area contributed by atoms with Crippen molar-refractivity contribution in [1.82, 2.24) is 5.32 Å². The van der Waals surface area contributed by atoms with Gasteiger partial charge < -0.3 is 19.7 Å². The van der Waals surface area contributed by atoms with Crippen molar-refractivity contribution in [3.8, 4) is 11.5 Å². The molecule has 1 N–H and O–H groups in total. The van der Waals surface area contributed by atoms with E-state index in [1.165, 1.54) is 0 Å². The summed E-state index contributed by atoms with van der Waals surface area (Å²) in [5.74, 6) is 1.07. The molecule has 26 heavy (non-hydrogen) atoms. The van der Waals surface area contributed by atoms with Crippen LogP contribution in [-0.2, 0) is 16.0 Å². The van der Waals surface area contributed by atoms with Gasteiger partial charge in [-0.1, -0.05) is 30.3 Å². The summed E-state index contributed by atoms with van der Waals surface area (Å²) in [6.07, 6.45) is 0.594.